The van der Waals surface area contributed by atoms with Crippen molar-refractivity contribution in [3.05, 3.63) is 12.7 Å². The molecule has 5 heteroatoms. The van der Waals surface area contributed by atoms with Crippen LogP contribution in [0.3, 0.4) is 0 Å². The van der Waals surface area contributed by atoms with Crippen molar-refractivity contribution < 1.29 is 19.4 Å². The van der Waals surface area contributed by atoms with E-state index in [2.05, 4.69) is 6.58 Å². The van der Waals surface area contributed by atoms with E-state index in [9.17, 15) is 9.59 Å². The molecule has 5 nitrogen and oxygen atoms in total. The van der Waals surface area contributed by atoms with Gasteiger partial charge in [-0.1, -0.05) is 13.0 Å². The van der Waals surface area contributed by atoms with Gasteiger partial charge in [0.25, 0.3) is 5.91 Å². The Labute approximate surface area is 101 Å². The molecule has 96 valence electrons. The molecule has 1 heterocycles. The smallest absolute Gasteiger partial charge is 0.332 e. The fourth-order valence-electron chi connectivity index (χ4n) is 1.92. The first-order chi connectivity index (χ1) is 8.10. The maximum Gasteiger partial charge on any atom is 0.332 e. The van der Waals surface area contributed by atoms with E-state index in [1.54, 1.807) is 11.0 Å². The second-order valence-corrected chi connectivity index (χ2v) is 4.10. The van der Waals surface area contributed by atoms with Crippen LogP contribution in [0, 0.1) is 0 Å². The normalized spacial score (nSPS) is 23.4. The summed E-state index contributed by atoms with van der Waals surface area (Å²) in [5, 5.41) is 8.79. The van der Waals surface area contributed by atoms with Crippen molar-refractivity contribution in [1.82, 2.24) is 4.90 Å². The number of amides is 1. The van der Waals surface area contributed by atoms with Gasteiger partial charge in [0.15, 0.2) is 6.10 Å². The lowest BCUT2D eigenvalue weighted by Crippen LogP contribution is -2.40. The largest absolute Gasteiger partial charge is 0.479 e. The summed E-state index contributed by atoms with van der Waals surface area (Å²) in [6.07, 6.45) is 1.96. The molecule has 1 N–H and O–H groups in total. The van der Waals surface area contributed by atoms with E-state index in [-0.39, 0.29) is 5.91 Å². The quantitative estimate of drug-likeness (QED) is 0.706. The number of rotatable bonds is 6. The second kappa shape index (κ2) is 6.39. The predicted molar refractivity (Wildman–Crippen MR) is 62.6 cm³/mol. The highest BCUT2D eigenvalue weighted by molar-refractivity contribution is 5.82. The Morgan fingerprint density at radius 2 is 2.12 bits per heavy atom. The Morgan fingerprint density at radius 1 is 1.47 bits per heavy atom. The average Bonchev–Trinajstić information content (AvgIpc) is 2.77. The van der Waals surface area contributed by atoms with Crippen molar-refractivity contribution in [2.45, 2.75) is 38.4 Å². The van der Waals surface area contributed by atoms with Gasteiger partial charge in [-0.25, -0.2) is 4.79 Å². The third kappa shape index (κ3) is 3.56. The molecule has 0 aliphatic carbocycles. The van der Waals surface area contributed by atoms with Gasteiger partial charge in [0.2, 0.25) is 0 Å². The van der Waals surface area contributed by atoms with Crippen LogP contribution in [-0.4, -0.2) is 47.2 Å². The van der Waals surface area contributed by atoms with Crippen LogP contribution in [0.5, 0.6) is 0 Å². The van der Waals surface area contributed by atoms with Gasteiger partial charge in [-0.15, -0.1) is 6.58 Å². The average molecular weight is 241 g/mol. The van der Waals surface area contributed by atoms with Gasteiger partial charge >= 0.3 is 5.97 Å². The molecule has 1 aliphatic heterocycles. The molecule has 0 aromatic carbocycles. The van der Waals surface area contributed by atoms with E-state index in [1.807, 2.05) is 6.92 Å². The van der Waals surface area contributed by atoms with Crippen molar-refractivity contribution in [3.8, 4) is 0 Å². The minimum atomic E-state index is -0.994. The van der Waals surface area contributed by atoms with Crippen LogP contribution in [0.2, 0.25) is 0 Å². The van der Waals surface area contributed by atoms with E-state index in [4.69, 9.17) is 9.84 Å². The zero-order valence-electron chi connectivity index (χ0n) is 10.1. The zero-order chi connectivity index (χ0) is 12.8. The van der Waals surface area contributed by atoms with E-state index in [1.165, 1.54) is 0 Å². The third-order valence-corrected chi connectivity index (χ3v) is 2.73. The SMILES string of the molecule is C=CCN(CCC)C(=O)[C@@H]1CC[C@H](C(=O)O)O1. The molecule has 0 saturated carbocycles. The molecule has 1 saturated heterocycles. The molecular formula is C12H19NO4. The van der Waals surface area contributed by atoms with Gasteiger partial charge in [-0.05, 0) is 19.3 Å². The predicted octanol–water partition coefficient (Wildman–Crippen LogP) is 1.04. The summed E-state index contributed by atoms with van der Waals surface area (Å²) in [5.74, 6) is -1.12. The monoisotopic (exact) mass is 241 g/mol. The summed E-state index contributed by atoms with van der Waals surface area (Å²) in [4.78, 5) is 24.4. The first-order valence-electron chi connectivity index (χ1n) is 5.88. The highest BCUT2D eigenvalue weighted by Gasteiger charge is 2.36. The summed E-state index contributed by atoms with van der Waals surface area (Å²) in [6.45, 7) is 6.71. The minimum absolute atomic E-state index is 0.129. The standard InChI is InChI=1S/C12H19NO4/c1-3-7-13(8-4-2)11(14)9-5-6-10(17-9)12(15)16/h3,9-10H,1,4-8H2,2H3,(H,15,16)/t9-,10+/m0/s1. The number of hydrogen-bond acceptors (Lipinski definition) is 3. The number of carbonyl (C=O) groups excluding carboxylic acids is 1. The second-order valence-electron chi connectivity index (χ2n) is 4.10. The van der Waals surface area contributed by atoms with Crippen molar-refractivity contribution in [1.29, 1.82) is 0 Å². The lowest BCUT2D eigenvalue weighted by atomic mass is 10.1. The molecule has 0 radical (unpaired) electrons. The molecular weight excluding hydrogens is 222 g/mol. The Hall–Kier alpha value is -1.36. The van der Waals surface area contributed by atoms with Crippen LogP contribution in [0.4, 0.5) is 0 Å². The highest BCUT2D eigenvalue weighted by Crippen LogP contribution is 2.21. The molecule has 1 rings (SSSR count). The molecule has 1 aliphatic rings. The van der Waals surface area contributed by atoms with Gasteiger partial charge in [-0.2, -0.15) is 0 Å². The highest BCUT2D eigenvalue weighted by atomic mass is 16.5. The third-order valence-electron chi connectivity index (χ3n) is 2.73. The van der Waals surface area contributed by atoms with Crippen molar-refractivity contribution in [3.63, 3.8) is 0 Å². The van der Waals surface area contributed by atoms with E-state index in [0.29, 0.717) is 25.9 Å². The molecule has 1 amide bonds. The Morgan fingerprint density at radius 3 is 2.59 bits per heavy atom. The molecule has 1 fully saturated rings. The van der Waals surface area contributed by atoms with E-state index in [0.717, 1.165) is 6.42 Å². The van der Waals surface area contributed by atoms with Gasteiger partial charge in [0.05, 0.1) is 0 Å². The van der Waals surface area contributed by atoms with Crippen molar-refractivity contribution >= 4 is 11.9 Å². The maximum absolute atomic E-state index is 12.1. The number of carbonyl (C=O) groups is 2. The molecule has 2 atom stereocenters. The number of hydrogen-bond donors (Lipinski definition) is 1. The van der Waals surface area contributed by atoms with Gasteiger partial charge in [-0.3, -0.25) is 4.79 Å². The number of ether oxygens (including phenoxy) is 1. The van der Waals surface area contributed by atoms with Gasteiger partial charge in [0, 0.05) is 13.1 Å². The molecule has 0 unspecified atom stereocenters. The fraction of sp³-hybridized carbons (Fsp3) is 0.667. The lowest BCUT2D eigenvalue weighted by Gasteiger charge is -2.23. The fourth-order valence-corrected chi connectivity index (χ4v) is 1.92. The maximum atomic E-state index is 12.1. The minimum Gasteiger partial charge on any atom is -0.479 e. The van der Waals surface area contributed by atoms with Crippen LogP contribution in [0.1, 0.15) is 26.2 Å². The molecule has 0 aromatic rings. The number of carboxylic acid groups (broad SMARTS) is 1. The molecule has 17 heavy (non-hydrogen) atoms. The number of nitrogens with zero attached hydrogens (tertiary/aromatic N) is 1. The summed E-state index contributed by atoms with van der Waals surface area (Å²) in [5.41, 5.74) is 0. The first-order valence-corrected chi connectivity index (χ1v) is 5.88. The topological polar surface area (TPSA) is 66.8 Å². The zero-order valence-corrected chi connectivity index (χ0v) is 10.1. The molecule has 0 spiro atoms. The number of aliphatic carboxylic acids is 1. The molecule has 0 aromatic heterocycles. The Kier molecular flexibility index (Phi) is 5.15. The first kappa shape index (κ1) is 13.7. The summed E-state index contributed by atoms with van der Waals surface area (Å²) < 4.78 is 5.23. The van der Waals surface area contributed by atoms with E-state index >= 15 is 0 Å². The summed E-state index contributed by atoms with van der Waals surface area (Å²) in [6, 6.07) is 0. The van der Waals surface area contributed by atoms with E-state index < -0.39 is 18.2 Å². The summed E-state index contributed by atoms with van der Waals surface area (Å²) in [7, 11) is 0. The Balaban J connectivity index is 2.56. The van der Waals surface area contributed by atoms with Crippen LogP contribution in [0.25, 0.3) is 0 Å². The summed E-state index contributed by atoms with van der Waals surface area (Å²) >= 11 is 0. The Bertz CT molecular complexity index is 303. The van der Waals surface area contributed by atoms with Gasteiger partial charge < -0.3 is 14.7 Å². The van der Waals surface area contributed by atoms with Crippen molar-refractivity contribution in [2.75, 3.05) is 13.1 Å². The lowest BCUT2D eigenvalue weighted by molar-refractivity contribution is -0.154. The van der Waals surface area contributed by atoms with Crippen LogP contribution in [0.15, 0.2) is 12.7 Å². The van der Waals surface area contributed by atoms with Crippen LogP contribution in [-0.2, 0) is 14.3 Å². The van der Waals surface area contributed by atoms with Crippen LogP contribution < -0.4 is 0 Å². The van der Waals surface area contributed by atoms with Crippen LogP contribution >= 0.6 is 0 Å². The molecule has 0 bridgehead atoms. The number of carboxylic acids is 1. The van der Waals surface area contributed by atoms with Crippen molar-refractivity contribution in [2.24, 2.45) is 0 Å². The van der Waals surface area contributed by atoms with Gasteiger partial charge in [0.1, 0.15) is 6.10 Å².